The first-order valence-corrected chi connectivity index (χ1v) is 6.18. The minimum Gasteiger partial charge on any atom is -0.387 e. The molecule has 0 unspecified atom stereocenters. The average molecular weight is 277 g/mol. The number of aliphatic hydroxyl groups excluding tert-OH is 1. The smallest absolute Gasteiger partial charge is 0.245 e. The molecular formula is C13H15N3O4. The summed E-state index contributed by atoms with van der Waals surface area (Å²) >= 11 is 0. The van der Waals surface area contributed by atoms with Gasteiger partial charge in [-0.05, 0) is 12.1 Å². The molecule has 7 nitrogen and oxygen atoms in total. The number of rotatable bonds is 4. The van der Waals surface area contributed by atoms with Gasteiger partial charge in [-0.25, -0.2) is 0 Å². The van der Waals surface area contributed by atoms with Gasteiger partial charge in [-0.15, -0.1) is 0 Å². The van der Waals surface area contributed by atoms with Crippen molar-refractivity contribution in [2.75, 3.05) is 29.9 Å². The third-order valence-corrected chi connectivity index (χ3v) is 2.88. The highest BCUT2D eigenvalue weighted by atomic mass is 16.3. The predicted molar refractivity (Wildman–Crippen MR) is 72.1 cm³/mol. The molecule has 7 heteroatoms. The third kappa shape index (κ3) is 3.12. The molecular weight excluding hydrogens is 262 g/mol. The summed E-state index contributed by atoms with van der Waals surface area (Å²) in [6, 6.07) is 7.03. The number of nitrogens with zero attached hydrogens (tertiary/aromatic N) is 1. The van der Waals surface area contributed by atoms with Crippen molar-refractivity contribution in [2.45, 2.75) is 6.42 Å². The van der Waals surface area contributed by atoms with E-state index in [-0.39, 0.29) is 31.3 Å². The molecule has 1 aliphatic rings. The molecule has 1 aliphatic heterocycles. The van der Waals surface area contributed by atoms with E-state index < -0.39 is 12.5 Å². The quantitative estimate of drug-likeness (QED) is 0.689. The number of benzene rings is 1. The Morgan fingerprint density at radius 1 is 1.35 bits per heavy atom. The van der Waals surface area contributed by atoms with Crippen LogP contribution in [0.5, 0.6) is 0 Å². The van der Waals surface area contributed by atoms with E-state index in [1.165, 1.54) is 4.90 Å². The molecule has 0 fully saturated rings. The minimum atomic E-state index is -0.608. The Labute approximate surface area is 115 Å². The molecule has 0 aliphatic carbocycles. The van der Waals surface area contributed by atoms with Gasteiger partial charge in [0.25, 0.3) is 0 Å². The maximum Gasteiger partial charge on any atom is 0.245 e. The fraction of sp³-hybridized carbons (Fsp3) is 0.308. The van der Waals surface area contributed by atoms with E-state index in [9.17, 15) is 14.4 Å². The van der Waals surface area contributed by atoms with Gasteiger partial charge >= 0.3 is 0 Å². The van der Waals surface area contributed by atoms with Gasteiger partial charge in [0.2, 0.25) is 17.7 Å². The van der Waals surface area contributed by atoms with E-state index in [0.717, 1.165) is 0 Å². The van der Waals surface area contributed by atoms with Crippen LogP contribution in [-0.4, -0.2) is 42.5 Å². The summed E-state index contributed by atoms with van der Waals surface area (Å²) in [5, 5.41) is 13.6. The number of fused-ring (bicyclic) bond motifs is 1. The fourth-order valence-corrected chi connectivity index (χ4v) is 1.96. The molecule has 3 amide bonds. The molecule has 20 heavy (non-hydrogen) atoms. The zero-order chi connectivity index (χ0) is 14.5. The van der Waals surface area contributed by atoms with Crippen molar-refractivity contribution >= 4 is 29.1 Å². The van der Waals surface area contributed by atoms with Gasteiger partial charge in [0.1, 0.15) is 13.2 Å². The van der Waals surface area contributed by atoms with Gasteiger partial charge in [0.15, 0.2) is 0 Å². The second-order valence-electron chi connectivity index (χ2n) is 4.30. The maximum atomic E-state index is 12.1. The predicted octanol–water partition coefficient (Wildman–Crippen LogP) is -0.530. The van der Waals surface area contributed by atoms with E-state index in [4.69, 9.17) is 5.11 Å². The number of amides is 3. The van der Waals surface area contributed by atoms with E-state index in [1.54, 1.807) is 24.3 Å². The highest BCUT2D eigenvalue weighted by Crippen LogP contribution is 2.29. The van der Waals surface area contributed by atoms with Crippen LogP contribution in [0, 0.1) is 0 Å². The lowest BCUT2D eigenvalue weighted by Gasteiger charge is -2.29. The zero-order valence-corrected chi connectivity index (χ0v) is 10.8. The molecule has 3 N–H and O–H groups in total. The summed E-state index contributed by atoms with van der Waals surface area (Å²) < 4.78 is 0. The Balaban J connectivity index is 2.03. The van der Waals surface area contributed by atoms with Crippen LogP contribution >= 0.6 is 0 Å². The zero-order valence-electron chi connectivity index (χ0n) is 10.8. The van der Waals surface area contributed by atoms with Gasteiger partial charge in [-0.3, -0.25) is 14.4 Å². The number of hydrogen-bond donors (Lipinski definition) is 3. The number of carbonyl (C=O) groups is 3. The molecule has 1 aromatic carbocycles. The van der Waals surface area contributed by atoms with E-state index >= 15 is 0 Å². The van der Waals surface area contributed by atoms with Gasteiger partial charge < -0.3 is 20.6 Å². The van der Waals surface area contributed by atoms with Crippen molar-refractivity contribution < 1.29 is 19.5 Å². The number of para-hydroxylation sites is 2. The lowest BCUT2D eigenvalue weighted by atomic mass is 10.2. The SMILES string of the molecule is O=C(CO)NCCC(=O)N1CC(=O)Nc2ccccc21. The standard InChI is InChI=1S/C13H15N3O4/c17-8-12(19)14-6-5-13(20)16-7-11(18)15-9-3-1-2-4-10(9)16/h1-4,17H,5-8H2,(H,14,19)(H,15,18). The highest BCUT2D eigenvalue weighted by Gasteiger charge is 2.26. The van der Waals surface area contributed by atoms with Crippen molar-refractivity contribution in [1.82, 2.24) is 5.32 Å². The molecule has 1 aromatic rings. The molecule has 0 atom stereocenters. The number of hydrogen-bond acceptors (Lipinski definition) is 4. The van der Waals surface area contributed by atoms with Crippen LogP contribution in [-0.2, 0) is 14.4 Å². The topological polar surface area (TPSA) is 98.7 Å². The molecule has 0 aromatic heterocycles. The first-order chi connectivity index (χ1) is 9.61. The van der Waals surface area contributed by atoms with E-state index in [0.29, 0.717) is 11.4 Å². The van der Waals surface area contributed by atoms with Gasteiger partial charge in [-0.2, -0.15) is 0 Å². The summed E-state index contributed by atoms with van der Waals surface area (Å²) in [5.74, 6) is -1.04. The van der Waals surface area contributed by atoms with Crippen LogP contribution in [0.1, 0.15) is 6.42 Å². The Hall–Kier alpha value is -2.41. The second-order valence-corrected chi connectivity index (χ2v) is 4.30. The number of anilines is 2. The van der Waals surface area contributed by atoms with Crippen LogP contribution in [0.15, 0.2) is 24.3 Å². The number of carbonyl (C=O) groups excluding carboxylic acids is 3. The minimum absolute atomic E-state index is 0.0379. The average Bonchev–Trinajstić information content (AvgIpc) is 2.45. The van der Waals surface area contributed by atoms with Crippen molar-refractivity contribution in [1.29, 1.82) is 0 Å². The Kier molecular flexibility index (Phi) is 4.31. The van der Waals surface area contributed by atoms with Crippen molar-refractivity contribution in [3.8, 4) is 0 Å². The van der Waals surface area contributed by atoms with Gasteiger partial charge in [0.05, 0.1) is 11.4 Å². The summed E-state index contributed by atoms with van der Waals surface area (Å²) in [7, 11) is 0. The molecule has 0 saturated carbocycles. The fourth-order valence-electron chi connectivity index (χ4n) is 1.96. The number of aliphatic hydroxyl groups is 1. The molecule has 0 bridgehead atoms. The summed E-state index contributed by atoms with van der Waals surface area (Å²) in [5.41, 5.74) is 1.24. The third-order valence-electron chi connectivity index (χ3n) is 2.88. The van der Waals surface area contributed by atoms with Gasteiger partial charge in [-0.1, -0.05) is 12.1 Å². The first-order valence-electron chi connectivity index (χ1n) is 6.18. The molecule has 0 saturated heterocycles. The molecule has 106 valence electrons. The lowest BCUT2D eigenvalue weighted by molar-refractivity contribution is -0.124. The monoisotopic (exact) mass is 277 g/mol. The van der Waals surface area contributed by atoms with Crippen LogP contribution in [0.3, 0.4) is 0 Å². The Morgan fingerprint density at radius 2 is 2.10 bits per heavy atom. The normalized spacial score (nSPS) is 13.4. The van der Waals surface area contributed by atoms with Gasteiger partial charge in [0, 0.05) is 13.0 Å². The van der Waals surface area contributed by atoms with E-state index in [2.05, 4.69) is 10.6 Å². The molecule has 0 radical (unpaired) electrons. The highest BCUT2D eigenvalue weighted by molar-refractivity contribution is 6.09. The number of nitrogens with one attached hydrogen (secondary N) is 2. The van der Waals surface area contributed by atoms with E-state index in [1.807, 2.05) is 0 Å². The van der Waals surface area contributed by atoms with Crippen LogP contribution in [0.25, 0.3) is 0 Å². The Bertz CT molecular complexity index is 544. The van der Waals surface area contributed by atoms with Crippen molar-refractivity contribution in [3.05, 3.63) is 24.3 Å². The van der Waals surface area contributed by atoms with Crippen molar-refractivity contribution in [3.63, 3.8) is 0 Å². The first kappa shape index (κ1) is 14.0. The molecule has 1 heterocycles. The van der Waals surface area contributed by atoms with Crippen molar-refractivity contribution in [2.24, 2.45) is 0 Å². The maximum absolute atomic E-state index is 12.1. The summed E-state index contributed by atoms with van der Waals surface area (Å²) in [6.45, 7) is -0.522. The molecule has 0 spiro atoms. The van der Waals surface area contributed by atoms with Crippen LogP contribution < -0.4 is 15.5 Å². The summed E-state index contributed by atoms with van der Waals surface area (Å²) in [6.07, 6.45) is 0.0629. The Morgan fingerprint density at radius 3 is 2.85 bits per heavy atom. The second kappa shape index (κ2) is 6.16. The summed E-state index contributed by atoms with van der Waals surface area (Å²) in [4.78, 5) is 35.9. The van der Waals surface area contributed by atoms with Crippen LogP contribution in [0.4, 0.5) is 11.4 Å². The van der Waals surface area contributed by atoms with Crippen LogP contribution in [0.2, 0.25) is 0 Å². The lowest BCUT2D eigenvalue weighted by Crippen LogP contribution is -2.43. The molecule has 2 rings (SSSR count). The largest absolute Gasteiger partial charge is 0.387 e.